The number of carbonyl (C=O) groups is 1. The normalized spacial score (nSPS) is 10.7. The molecule has 2 rings (SSSR count). The van der Waals surface area contributed by atoms with Crippen molar-refractivity contribution in [2.45, 2.75) is 13.5 Å². The van der Waals surface area contributed by atoms with Crippen LogP contribution >= 0.6 is 11.3 Å². The molecule has 0 radical (unpaired) electrons. The molecule has 3 nitrogen and oxygen atoms in total. The van der Waals surface area contributed by atoms with E-state index in [2.05, 4.69) is 22.1 Å². The maximum atomic E-state index is 12.0. The fraction of sp³-hybridized carbons (Fsp3) is 0.267. The highest BCUT2D eigenvalue weighted by Gasteiger charge is 2.08. The van der Waals surface area contributed by atoms with Gasteiger partial charge >= 0.3 is 0 Å². The fourth-order valence-electron chi connectivity index (χ4n) is 1.90. The molecule has 0 aliphatic rings. The first kappa shape index (κ1) is 13.8. The third-order valence-electron chi connectivity index (χ3n) is 2.87. The van der Waals surface area contributed by atoms with E-state index >= 15 is 0 Å². The van der Waals surface area contributed by atoms with Gasteiger partial charge in [-0.15, -0.1) is 0 Å². The van der Waals surface area contributed by atoms with Crippen molar-refractivity contribution in [2.24, 2.45) is 0 Å². The van der Waals surface area contributed by atoms with Crippen LogP contribution in [0.2, 0.25) is 0 Å². The average molecular weight is 274 g/mol. The van der Waals surface area contributed by atoms with Gasteiger partial charge < -0.3 is 5.32 Å². The highest BCUT2D eigenvalue weighted by Crippen LogP contribution is 2.13. The van der Waals surface area contributed by atoms with Crippen LogP contribution in [-0.2, 0) is 11.3 Å². The lowest BCUT2D eigenvalue weighted by Crippen LogP contribution is -2.29. The molecule has 0 aliphatic carbocycles. The molecular weight excluding hydrogens is 256 g/mol. The summed E-state index contributed by atoms with van der Waals surface area (Å²) in [5.41, 5.74) is 3.21. The molecule has 0 saturated carbocycles. The first-order valence-corrected chi connectivity index (χ1v) is 7.14. The van der Waals surface area contributed by atoms with Gasteiger partial charge in [-0.3, -0.25) is 9.69 Å². The SMILES string of the molecule is Cc1ccccc1NC(=O)CN(C)Cc1ccsc1. The fourth-order valence-corrected chi connectivity index (χ4v) is 2.56. The third-order valence-corrected chi connectivity index (χ3v) is 3.60. The van der Waals surface area contributed by atoms with Crippen molar-refractivity contribution in [1.29, 1.82) is 0 Å². The lowest BCUT2D eigenvalue weighted by atomic mass is 10.2. The number of likely N-dealkylation sites (N-methyl/N-ethyl adjacent to an activating group) is 1. The summed E-state index contributed by atoms with van der Waals surface area (Å²) >= 11 is 1.68. The molecule has 1 aromatic carbocycles. The van der Waals surface area contributed by atoms with Gasteiger partial charge in [-0.05, 0) is 48.0 Å². The summed E-state index contributed by atoms with van der Waals surface area (Å²) in [5.74, 6) is 0.0204. The zero-order valence-corrected chi connectivity index (χ0v) is 12.0. The van der Waals surface area contributed by atoms with Crippen LogP contribution in [0.5, 0.6) is 0 Å². The number of para-hydroxylation sites is 1. The quantitative estimate of drug-likeness (QED) is 0.908. The second kappa shape index (κ2) is 6.50. The topological polar surface area (TPSA) is 32.3 Å². The number of rotatable bonds is 5. The first-order valence-electron chi connectivity index (χ1n) is 6.20. The number of nitrogens with one attached hydrogen (secondary N) is 1. The van der Waals surface area contributed by atoms with Gasteiger partial charge in [-0.1, -0.05) is 18.2 Å². The highest BCUT2D eigenvalue weighted by molar-refractivity contribution is 7.07. The summed E-state index contributed by atoms with van der Waals surface area (Å²) in [6.45, 7) is 3.18. The molecule has 0 fully saturated rings. The van der Waals surface area contributed by atoms with E-state index in [-0.39, 0.29) is 5.91 Å². The van der Waals surface area contributed by atoms with Crippen LogP contribution in [0.25, 0.3) is 0 Å². The molecule has 0 saturated heterocycles. The number of benzene rings is 1. The van der Waals surface area contributed by atoms with E-state index in [4.69, 9.17) is 0 Å². The maximum Gasteiger partial charge on any atom is 0.238 e. The van der Waals surface area contributed by atoms with Gasteiger partial charge in [0.1, 0.15) is 0 Å². The number of carbonyl (C=O) groups excluding carboxylic acids is 1. The predicted octanol–water partition coefficient (Wildman–Crippen LogP) is 3.13. The van der Waals surface area contributed by atoms with Crippen LogP contribution in [0, 0.1) is 6.92 Å². The van der Waals surface area contributed by atoms with E-state index < -0.39 is 0 Å². The molecule has 0 unspecified atom stereocenters. The van der Waals surface area contributed by atoms with Gasteiger partial charge in [0.2, 0.25) is 5.91 Å². The van der Waals surface area contributed by atoms with Crippen molar-refractivity contribution < 1.29 is 4.79 Å². The Kier molecular flexibility index (Phi) is 4.71. The van der Waals surface area contributed by atoms with Gasteiger partial charge in [-0.2, -0.15) is 11.3 Å². The van der Waals surface area contributed by atoms with Crippen LogP contribution in [0.3, 0.4) is 0 Å². The summed E-state index contributed by atoms with van der Waals surface area (Å²) < 4.78 is 0. The Balaban J connectivity index is 1.86. The second-order valence-corrected chi connectivity index (χ2v) is 5.45. The summed E-state index contributed by atoms with van der Waals surface area (Å²) in [6.07, 6.45) is 0. The number of amides is 1. The van der Waals surface area contributed by atoms with Gasteiger partial charge in [0, 0.05) is 12.2 Å². The monoisotopic (exact) mass is 274 g/mol. The molecule has 1 aromatic heterocycles. The molecule has 0 spiro atoms. The van der Waals surface area contributed by atoms with E-state index in [0.717, 1.165) is 17.8 Å². The van der Waals surface area contributed by atoms with Crippen molar-refractivity contribution >= 4 is 22.9 Å². The Morgan fingerprint density at radius 2 is 2.11 bits per heavy atom. The van der Waals surface area contributed by atoms with Crippen LogP contribution in [0.1, 0.15) is 11.1 Å². The molecule has 0 aliphatic heterocycles. The Hall–Kier alpha value is -1.65. The number of aryl methyl sites for hydroxylation is 1. The van der Waals surface area contributed by atoms with E-state index in [1.165, 1.54) is 5.56 Å². The summed E-state index contributed by atoms with van der Waals surface area (Å²) in [5, 5.41) is 7.10. The van der Waals surface area contributed by atoms with Gasteiger partial charge in [0.05, 0.1) is 6.54 Å². The zero-order chi connectivity index (χ0) is 13.7. The van der Waals surface area contributed by atoms with Crippen LogP contribution in [-0.4, -0.2) is 24.4 Å². The number of hydrogen-bond donors (Lipinski definition) is 1. The molecule has 4 heteroatoms. The minimum absolute atomic E-state index is 0.0204. The van der Waals surface area contributed by atoms with Crippen LogP contribution < -0.4 is 5.32 Å². The number of nitrogens with zero attached hydrogens (tertiary/aromatic N) is 1. The molecular formula is C15H18N2OS. The van der Waals surface area contributed by atoms with Gasteiger partial charge in [0.15, 0.2) is 0 Å². The molecule has 1 N–H and O–H groups in total. The average Bonchev–Trinajstić information content (AvgIpc) is 2.84. The standard InChI is InChI=1S/C15H18N2OS/c1-12-5-3-4-6-14(12)16-15(18)10-17(2)9-13-7-8-19-11-13/h3-8,11H,9-10H2,1-2H3,(H,16,18). The summed E-state index contributed by atoms with van der Waals surface area (Å²) in [7, 11) is 1.95. The van der Waals surface area contributed by atoms with Crippen molar-refractivity contribution in [1.82, 2.24) is 4.90 Å². The second-order valence-electron chi connectivity index (χ2n) is 4.67. The number of hydrogen-bond acceptors (Lipinski definition) is 3. The Morgan fingerprint density at radius 1 is 1.32 bits per heavy atom. The van der Waals surface area contributed by atoms with E-state index in [1.54, 1.807) is 11.3 Å². The molecule has 19 heavy (non-hydrogen) atoms. The molecule has 1 heterocycles. The van der Waals surface area contributed by atoms with E-state index in [0.29, 0.717) is 6.54 Å². The maximum absolute atomic E-state index is 12.0. The molecule has 0 bridgehead atoms. The smallest absolute Gasteiger partial charge is 0.238 e. The highest BCUT2D eigenvalue weighted by atomic mass is 32.1. The Morgan fingerprint density at radius 3 is 2.79 bits per heavy atom. The van der Waals surface area contributed by atoms with Crippen molar-refractivity contribution in [3.05, 3.63) is 52.2 Å². The summed E-state index contributed by atoms with van der Waals surface area (Å²) in [6, 6.07) is 9.89. The largest absolute Gasteiger partial charge is 0.325 e. The van der Waals surface area contributed by atoms with E-state index in [1.807, 2.05) is 43.1 Å². The lowest BCUT2D eigenvalue weighted by molar-refractivity contribution is -0.117. The van der Waals surface area contributed by atoms with Crippen molar-refractivity contribution in [3.8, 4) is 0 Å². The predicted molar refractivity (Wildman–Crippen MR) is 80.5 cm³/mol. The van der Waals surface area contributed by atoms with E-state index in [9.17, 15) is 4.79 Å². The molecule has 2 aromatic rings. The van der Waals surface area contributed by atoms with Crippen molar-refractivity contribution in [2.75, 3.05) is 18.9 Å². The lowest BCUT2D eigenvalue weighted by Gasteiger charge is -2.16. The number of thiophene rings is 1. The minimum atomic E-state index is 0.0204. The van der Waals surface area contributed by atoms with Crippen molar-refractivity contribution in [3.63, 3.8) is 0 Å². The molecule has 100 valence electrons. The van der Waals surface area contributed by atoms with Gasteiger partial charge in [0.25, 0.3) is 0 Å². The van der Waals surface area contributed by atoms with Gasteiger partial charge in [-0.25, -0.2) is 0 Å². The molecule has 1 amide bonds. The number of anilines is 1. The zero-order valence-electron chi connectivity index (χ0n) is 11.2. The third kappa shape index (κ3) is 4.19. The minimum Gasteiger partial charge on any atom is -0.325 e. The molecule has 0 atom stereocenters. The van der Waals surface area contributed by atoms with Crippen LogP contribution in [0.15, 0.2) is 41.1 Å². The Labute approximate surface area is 117 Å². The summed E-state index contributed by atoms with van der Waals surface area (Å²) in [4.78, 5) is 14.0. The first-order chi connectivity index (χ1) is 9.15. The van der Waals surface area contributed by atoms with Crippen LogP contribution in [0.4, 0.5) is 5.69 Å². The Bertz CT molecular complexity index is 537.